The number of hydrogen-bond acceptors (Lipinski definition) is 5. The Morgan fingerprint density at radius 1 is 1.00 bits per heavy atom. The van der Waals surface area contributed by atoms with Gasteiger partial charge in [0.2, 0.25) is 0 Å². The largest absolute Gasteiger partial charge is 0.492 e. The molecule has 7 nitrogen and oxygen atoms in total. The fraction of sp³-hybridized carbons (Fsp3) is 0.286. The van der Waals surface area contributed by atoms with Crippen molar-refractivity contribution in [3.05, 3.63) is 48.8 Å². The second kappa shape index (κ2) is 7.44. The molecule has 7 heteroatoms. The van der Waals surface area contributed by atoms with Crippen LogP contribution in [0.25, 0.3) is 33.5 Å². The van der Waals surface area contributed by atoms with Crippen LogP contribution < -0.4 is 4.74 Å². The first-order valence-electron chi connectivity index (χ1n) is 9.66. The molecule has 1 aliphatic heterocycles. The van der Waals surface area contributed by atoms with Crippen LogP contribution in [0.5, 0.6) is 5.75 Å². The quantitative estimate of drug-likeness (QED) is 0.540. The second-order valence-corrected chi connectivity index (χ2v) is 7.10. The average molecular weight is 374 g/mol. The smallest absolute Gasteiger partial charge is 0.155 e. The maximum atomic E-state index is 6.12. The zero-order valence-corrected chi connectivity index (χ0v) is 15.6. The van der Waals surface area contributed by atoms with Crippen molar-refractivity contribution in [2.75, 3.05) is 26.2 Å². The van der Waals surface area contributed by atoms with E-state index in [9.17, 15) is 0 Å². The lowest BCUT2D eigenvalue weighted by atomic mass is 10.0. The average Bonchev–Trinajstić information content (AvgIpc) is 3.48. The highest BCUT2D eigenvalue weighted by molar-refractivity contribution is 5.93. The first kappa shape index (κ1) is 16.9. The maximum absolute atomic E-state index is 6.12. The van der Waals surface area contributed by atoms with Crippen molar-refractivity contribution in [3.8, 4) is 28.4 Å². The number of nitrogens with one attached hydrogen (secondary N) is 2. The minimum Gasteiger partial charge on any atom is -0.492 e. The van der Waals surface area contributed by atoms with Crippen molar-refractivity contribution in [3.63, 3.8) is 0 Å². The van der Waals surface area contributed by atoms with Crippen LogP contribution in [0.15, 0.2) is 48.8 Å². The molecular weight excluding hydrogens is 352 g/mol. The van der Waals surface area contributed by atoms with Gasteiger partial charge in [-0.1, -0.05) is 18.2 Å². The number of rotatable bonds is 6. The summed E-state index contributed by atoms with van der Waals surface area (Å²) in [6.07, 6.45) is 4.09. The first-order valence-corrected chi connectivity index (χ1v) is 9.66. The molecule has 1 aliphatic rings. The third kappa shape index (κ3) is 3.36. The third-order valence-electron chi connectivity index (χ3n) is 5.21. The Balaban J connectivity index is 1.48. The zero-order valence-electron chi connectivity index (χ0n) is 15.6. The van der Waals surface area contributed by atoms with Gasteiger partial charge in [-0.2, -0.15) is 10.2 Å². The predicted molar refractivity (Wildman–Crippen MR) is 108 cm³/mol. The van der Waals surface area contributed by atoms with Crippen molar-refractivity contribution in [2.24, 2.45) is 0 Å². The van der Waals surface area contributed by atoms with Crippen molar-refractivity contribution >= 4 is 10.9 Å². The van der Waals surface area contributed by atoms with Crippen LogP contribution in [-0.2, 0) is 0 Å². The summed E-state index contributed by atoms with van der Waals surface area (Å²) in [5.74, 6) is 1.53. The molecule has 5 rings (SSSR count). The summed E-state index contributed by atoms with van der Waals surface area (Å²) >= 11 is 0. The summed E-state index contributed by atoms with van der Waals surface area (Å²) in [4.78, 5) is 6.74. The van der Waals surface area contributed by atoms with E-state index < -0.39 is 0 Å². The molecule has 0 radical (unpaired) electrons. The summed E-state index contributed by atoms with van der Waals surface area (Å²) in [6, 6.07) is 14.2. The van der Waals surface area contributed by atoms with E-state index in [2.05, 4.69) is 42.4 Å². The summed E-state index contributed by atoms with van der Waals surface area (Å²) in [5.41, 5.74) is 3.83. The Labute approximate surface area is 162 Å². The number of H-pyrrole nitrogens is 2. The van der Waals surface area contributed by atoms with Gasteiger partial charge < -0.3 is 4.74 Å². The molecule has 3 heterocycles. The van der Waals surface area contributed by atoms with E-state index in [0.717, 1.165) is 40.0 Å². The number of para-hydroxylation sites is 1. The van der Waals surface area contributed by atoms with E-state index in [-0.39, 0.29) is 0 Å². The molecule has 28 heavy (non-hydrogen) atoms. The fourth-order valence-corrected chi connectivity index (χ4v) is 3.78. The number of nitrogens with zero attached hydrogens (tertiary/aromatic N) is 4. The van der Waals surface area contributed by atoms with Crippen LogP contribution in [0.3, 0.4) is 0 Å². The van der Waals surface area contributed by atoms with Gasteiger partial charge in [0.1, 0.15) is 24.4 Å². The number of fused-ring (bicyclic) bond motifs is 1. The van der Waals surface area contributed by atoms with Crippen LogP contribution in [0.2, 0.25) is 0 Å². The molecule has 0 spiro atoms. The molecule has 1 saturated heterocycles. The molecule has 0 aliphatic carbocycles. The number of benzene rings is 2. The summed E-state index contributed by atoms with van der Waals surface area (Å²) in [5, 5.41) is 15.6. The van der Waals surface area contributed by atoms with Crippen LogP contribution in [0, 0.1) is 0 Å². The topological polar surface area (TPSA) is 82.7 Å². The predicted octanol–water partition coefficient (Wildman–Crippen LogP) is 3.49. The van der Waals surface area contributed by atoms with Crippen molar-refractivity contribution in [1.82, 2.24) is 30.3 Å². The van der Waals surface area contributed by atoms with Gasteiger partial charge in [0, 0.05) is 23.1 Å². The summed E-state index contributed by atoms with van der Waals surface area (Å²) < 4.78 is 6.12. The van der Waals surface area contributed by atoms with Gasteiger partial charge in [-0.05, 0) is 50.2 Å². The van der Waals surface area contributed by atoms with E-state index in [1.165, 1.54) is 32.3 Å². The molecule has 142 valence electrons. The zero-order chi connectivity index (χ0) is 18.8. The van der Waals surface area contributed by atoms with Crippen molar-refractivity contribution in [1.29, 1.82) is 0 Å². The molecule has 0 amide bonds. The lowest BCUT2D eigenvalue weighted by Crippen LogP contribution is -2.25. The molecule has 1 fully saturated rings. The maximum Gasteiger partial charge on any atom is 0.155 e. The lowest BCUT2D eigenvalue weighted by Gasteiger charge is -2.15. The van der Waals surface area contributed by atoms with Crippen LogP contribution in [0.1, 0.15) is 12.8 Å². The van der Waals surface area contributed by atoms with Gasteiger partial charge in [0.05, 0.1) is 5.52 Å². The summed E-state index contributed by atoms with van der Waals surface area (Å²) in [7, 11) is 0. The number of likely N-dealkylation sites (tertiary alicyclic amines) is 1. The number of aromatic amines is 2. The molecular formula is C21H22N6O. The number of hydrogen-bond donors (Lipinski definition) is 2. The minimum atomic E-state index is 0.667. The van der Waals surface area contributed by atoms with Crippen LogP contribution in [0.4, 0.5) is 0 Å². The van der Waals surface area contributed by atoms with E-state index in [4.69, 9.17) is 4.74 Å². The van der Waals surface area contributed by atoms with Gasteiger partial charge in [-0.25, -0.2) is 4.98 Å². The van der Waals surface area contributed by atoms with Gasteiger partial charge in [-0.3, -0.25) is 15.1 Å². The molecule has 0 unspecified atom stereocenters. The van der Waals surface area contributed by atoms with Gasteiger partial charge >= 0.3 is 0 Å². The molecule has 2 aromatic carbocycles. The van der Waals surface area contributed by atoms with Gasteiger partial charge in [0.15, 0.2) is 5.82 Å². The SMILES string of the molecule is c1ccc2c(-c3cc(OCCN4CCCC4)cc(-c4ncn[nH]4)c3)n[nH]c2c1. The number of ether oxygens (including phenoxy) is 1. The minimum absolute atomic E-state index is 0.667. The first-order chi connectivity index (χ1) is 13.9. The standard InChI is InChI=1S/C21H22N6O/c1-2-6-19-18(5-1)20(25-24-19)15-11-16(21-22-14-23-26-21)13-17(12-15)28-10-9-27-7-3-4-8-27/h1-2,5-6,11-14H,3-4,7-10H2,(H,24,25)(H,22,23,26). The lowest BCUT2D eigenvalue weighted by molar-refractivity contribution is 0.238. The molecule has 0 bridgehead atoms. The molecule has 2 aromatic heterocycles. The molecule has 2 N–H and O–H groups in total. The van der Waals surface area contributed by atoms with E-state index in [1.807, 2.05) is 30.3 Å². The fourth-order valence-electron chi connectivity index (χ4n) is 3.78. The highest BCUT2D eigenvalue weighted by atomic mass is 16.5. The van der Waals surface area contributed by atoms with E-state index in [0.29, 0.717) is 12.4 Å². The highest BCUT2D eigenvalue weighted by Crippen LogP contribution is 2.32. The third-order valence-corrected chi connectivity index (χ3v) is 5.21. The number of aromatic nitrogens is 5. The summed E-state index contributed by atoms with van der Waals surface area (Å²) in [6.45, 7) is 3.96. The Morgan fingerprint density at radius 2 is 1.86 bits per heavy atom. The van der Waals surface area contributed by atoms with Gasteiger partial charge in [0.25, 0.3) is 0 Å². The van der Waals surface area contributed by atoms with Crippen molar-refractivity contribution < 1.29 is 4.74 Å². The van der Waals surface area contributed by atoms with Crippen molar-refractivity contribution in [2.45, 2.75) is 12.8 Å². The highest BCUT2D eigenvalue weighted by Gasteiger charge is 2.14. The Hall–Kier alpha value is -3.19. The van der Waals surface area contributed by atoms with Gasteiger partial charge in [-0.15, -0.1) is 0 Å². The Bertz CT molecular complexity index is 1070. The monoisotopic (exact) mass is 374 g/mol. The molecule has 0 saturated carbocycles. The molecule has 0 atom stereocenters. The van der Waals surface area contributed by atoms with E-state index in [1.54, 1.807) is 0 Å². The molecule has 4 aromatic rings. The van der Waals surface area contributed by atoms with Crippen LogP contribution in [-0.4, -0.2) is 56.5 Å². The van der Waals surface area contributed by atoms with E-state index >= 15 is 0 Å². The van der Waals surface area contributed by atoms with Crippen LogP contribution >= 0.6 is 0 Å². The Kier molecular flexibility index (Phi) is 4.50. The normalized spacial score (nSPS) is 14.7. The Morgan fingerprint density at radius 3 is 2.71 bits per heavy atom. The second-order valence-electron chi connectivity index (χ2n) is 7.10.